The summed E-state index contributed by atoms with van der Waals surface area (Å²) in [6.07, 6.45) is 1.34. The Morgan fingerprint density at radius 3 is 2.46 bits per heavy atom. The van der Waals surface area contributed by atoms with Gasteiger partial charge in [0, 0.05) is 6.20 Å². The Bertz CT molecular complexity index is 313. The minimum absolute atomic E-state index is 0.363. The Morgan fingerprint density at radius 2 is 2.00 bits per heavy atom. The molecule has 1 rings (SSSR count). The van der Waals surface area contributed by atoms with Gasteiger partial charge in [-0.3, -0.25) is 0 Å². The molecule has 0 saturated carbocycles. The number of halogens is 3. The number of hydrogen-bond donors (Lipinski definition) is 0. The summed E-state index contributed by atoms with van der Waals surface area (Å²) in [6, 6.07) is 1.03. The minimum atomic E-state index is -5.04. The summed E-state index contributed by atoms with van der Waals surface area (Å²) in [5.41, 5.74) is -0.308. The van der Waals surface area contributed by atoms with Gasteiger partial charge in [-0.05, 0) is 17.9 Å². The van der Waals surface area contributed by atoms with Crippen LogP contribution in [-0.2, 0) is 0 Å². The molecule has 0 radical (unpaired) electrons. The molecule has 0 atom stereocenters. The summed E-state index contributed by atoms with van der Waals surface area (Å²) >= 11 is 0. The standard InChI is InChI=1S/C7H8BF3NO/c1-5-3-6(8(9,10)11)7(13-2)12-4-5/h3-4H,1-2H3/q-1. The highest BCUT2D eigenvalue weighted by Crippen LogP contribution is 2.15. The molecule has 0 bridgehead atoms. The zero-order chi connectivity index (χ0) is 10.1. The fraction of sp³-hybridized carbons (Fsp3) is 0.286. The van der Waals surface area contributed by atoms with Crippen LogP contribution >= 0.6 is 0 Å². The van der Waals surface area contributed by atoms with Crippen molar-refractivity contribution in [2.75, 3.05) is 7.11 Å². The van der Waals surface area contributed by atoms with Gasteiger partial charge in [-0.25, -0.2) is 4.98 Å². The van der Waals surface area contributed by atoms with E-state index in [-0.39, 0.29) is 5.88 Å². The van der Waals surface area contributed by atoms with Crippen molar-refractivity contribution in [2.24, 2.45) is 0 Å². The maximum Gasteiger partial charge on any atom is 0.514 e. The molecule has 0 amide bonds. The van der Waals surface area contributed by atoms with E-state index in [0.29, 0.717) is 5.56 Å². The Hall–Kier alpha value is -1.20. The number of pyridine rings is 1. The first-order valence-electron chi connectivity index (χ1n) is 3.65. The van der Waals surface area contributed by atoms with Gasteiger partial charge in [-0.1, -0.05) is 6.07 Å². The number of aryl methyl sites for hydroxylation is 1. The van der Waals surface area contributed by atoms with Gasteiger partial charge in [0.1, 0.15) is 0 Å². The van der Waals surface area contributed by atoms with Crippen molar-refractivity contribution in [3.05, 3.63) is 17.8 Å². The highest BCUT2D eigenvalue weighted by molar-refractivity contribution is 6.74. The summed E-state index contributed by atoms with van der Waals surface area (Å²) in [5, 5.41) is 0. The minimum Gasteiger partial charge on any atom is -0.483 e. The van der Waals surface area contributed by atoms with E-state index < -0.39 is 12.4 Å². The average molecular weight is 190 g/mol. The van der Waals surface area contributed by atoms with Crippen LogP contribution in [0.2, 0.25) is 0 Å². The molecule has 13 heavy (non-hydrogen) atoms. The fourth-order valence-electron chi connectivity index (χ4n) is 0.984. The zero-order valence-corrected chi connectivity index (χ0v) is 7.22. The first-order valence-corrected chi connectivity index (χ1v) is 3.65. The van der Waals surface area contributed by atoms with Crippen LogP contribution in [0.15, 0.2) is 12.3 Å². The predicted molar refractivity (Wildman–Crippen MR) is 44.2 cm³/mol. The van der Waals surface area contributed by atoms with Crippen LogP contribution in [0, 0.1) is 6.92 Å². The highest BCUT2D eigenvalue weighted by Gasteiger charge is 2.29. The number of rotatable bonds is 2. The average Bonchev–Trinajstić information content (AvgIpc) is 2.03. The summed E-state index contributed by atoms with van der Waals surface area (Å²) in [5.74, 6) is -0.363. The lowest BCUT2D eigenvalue weighted by Gasteiger charge is -2.17. The first-order chi connectivity index (χ1) is 5.95. The molecular formula is C7H8BF3NO-. The van der Waals surface area contributed by atoms with Crippen molar-refractivity contribution in [1.82, 2.24) is 4.98 Å². The van der Waals surface area contributed by atoms with E-state index >= 15 is 0 Å². The summed E-state index contributed by atoms with van der Waals surface area (Å²) in [6.45, 7) is -3.49. The van der Waals surface area contributed by atoms with Crippen molar-refractivity contribution in [3.8, 4) is 5.88 Å². The molecule has 1 aromatic rings. The number of methoxy groups -OCH3 is 1. The first kappa shape index (κ1) is 9.89. The van der Waals surface area contributed by atoms with Crippen LogP contribution in [0.3, 0.4) is 0 Å². The smallest absolute Gasteiger partial charge is 0.483 e. The van der Waals surface area contributed by atoms with E-state index in [9.17, 15) is 12.9 Å². The van der Waals surface area contributed by atoms with E-state index in [0.717, 1.165) is 6.07 Å². The van der Waals surface area contributed by atoms with Crippen LogP contribution in [0.5, 0.6) is 5.88 Å². The molecule has 0 aliphatic heterocycles. The monoisotopic (exact) mass is 190 g/mol. The molecule has 1 aromatic heterocycles. The second kappa shape index (κ2) is 3.28. The van der Waals surface area contributed by atoms with Gasteiger partial charge in [0.25, 0.3) is 0 Å². The lowest BCUT2D eigenvalue weighted by molar-refractivity contribution is 0.396. The Morgan fingerprint density at radius 1 is 1.38 bits per heavy atom. The van der Waals surface area contributed by atoms with Gasteiger partial charge in [0.05, 0.1) is 7.11 Å². The molecule has 0 aromatic carbocycles. The maximum atomic E-state index is 12.4. The van der Waals surface area contributed by atoms with Crippen LogP contribution in [-0.4, -0.2) is 19.1 Å². The third-order valence-electron chi connectivity index (χ3n) is 1.56. The van der Waals surface area contributed by atoms with Gasteiger partial charge in [0.2, 0.25) is 0 Å². The van der Waals surface area contributed by atoms with Crippen molar-refractivity contribution in [1.29, 1.82) is 0 Å². The van der Waals surface area contributed by atoms with Crippen molar-refractivity contribution >= 4 is 12.4 Å². The lowest BCUT2D eigenvalue weighted by atomic mass is 9.80. The number of aromatic nitrogens is 1. The zero-order valence-electron chi connectivity index (χ0n) is 7.22. The Balaban J connectivity index is 3.24. The van der Waals surface area contributed by atoms with Crippen LogP contribution in [0.1, 0.15) is 5.56 Å². The van der Waals surface area contributed by atoms with Gasteiger partial charge in [0.15, 0.2) is 5.88 Å². The molecular weight excluding hydrogens is 182 g/mol. The van der Waals surface area contributed by atoms with Gasteiger partial charge in [-0.15, -0.1) is 0 Å². The topological polar surface area (TPSA) is 22.1 Å². The summed E-state index contributed by atoms with van der Waals surface area (Å²) in [4.78, 5) is 3.54. The lowest BCUT2D eigenvalue weighted by Crippen LogP contribution is -2.35. The Kier molecular flexibility index (Phi) is 2.49. The van der Waals surface area contributed by atoms with Crippen LogP contribution in [0.25, 0.3) is 0 Å². The maximum absolute atomic E-state index is 12.4. The third kappa shape index (κ3) is 2.14. The predicted octanol–water partition coefficient (Wildman–Crippen LogP) is 1.45. The van der Waals surface area contributed by atoms with Crippen LogP contribution in [0.4, 0.5) is 12.9 Å². The van der Waals surface area contributed by atoms with E-state index in [1.807, 2.05) is 0 Å². The second-order valence-electron chi connectivity index (χ2n) is 2.69. The molecule has 0 N–H and O–H groups in total. The van der Waals surface area contributed by atoms with Gasteiger partial charge in [-0.2, -0.15) is 0 Å². The molecule has 0 saturated heterocycles. The Labute approximate surface area is 73.8 Å². The van der Waals surface area contributed by atoms with Gasteiger partial charge < -0.3 is 17.7 Å². The fourth-order valence-corrected chi connectivity index (χ4v) is 0.984. The second-order valence-corrected chi connectivity index (χ2v) is 2.69. The molecule has 1 heterocycles. The number of ether oxygens (including phenoxy) is 1. The molecule has 0 spiro atoms. The summed E-state index contributed by atoms with van der Waals surface area (Å²) < 4.78 is 41.6. The molecule has 0 unspecified atom stereocenters. The van der Waals surface area contributed by atoms with Crippen molar-refractivity contribution in [2.45, 2.75) is 6.92 Å². The number of hydrogen-bond acceptors (Lipinski definition) is 2. The van der Waals surface area contributed by atoms with Gasteiger partial charge >= 0.3 is 6.98 Å². The van der Waals surface area contributed by atoms with E-state index in [1.165, 1.54) is 13.3 Å². The normalized spacial score (nSPS) is 11.5. The SMILES string of the molecule is COc1ncc(C)cc1[B-](F)(F)F. The highest BCUT2D eigenvalue weighted by atomic mass is 19.4. The molecule has 6 heteroatoms. The molecule has 2 nitrogen and oxygen atoms in total. The largest absolute Gasteiger partial charge is 0.514 e. The van der Waals surface area contributed by atoms with E-state index in [1.54, 1.807) is 6.92 Å². The molecule has 0 aliphatic carbocycles. The molecule has 0 aliphatic rings. The quantitative estimate of drug-likeness (QED) is 0.658. The van der Waals surface area contributed by atoms with E-state index in [4.69, 9.17) is 0 Å². The van der Waals surface area contributed by atoms with Crippen LogP contribution < -0.4 is 10.2 Å². The summed E-state index contributed by atoms with van der Waals surface area (Å²) in [7, 11) is 1.17. The molecule has 0 fully saturated rings. The van der Waals surface area contributed by atoms with Crippen molar-refractivity contribution in [3.63, 3.8) is 0 Å². The molecule has 72 valence electrons. The van der Waals surface area contributed by atoms with E-state index in [2.05, 4.69) is 9.72 Å². The number of nitrogens with zero attached hydrogens (tertiary/aromatic N) is 1. The van der Waals surface area contributed by atoms with Crippen molar-refractivity contribution < 1.29 is 17.7 Å². The third-order valence-corrected chi connectivity index (χ3v) is 1.56.